The predicted octanol–water partition coefficient (Wildman–Crippen LogP) is 5.60. The number of hydrogen-bond donors (Lipinski definition) is 1. The maximum Gasteiger partial charge on any atom is 0.168 e. The lowest BCUT2D eigenvalue weighted by Crippen LogP contribution is -1.92. The SMILES string of the molecule is CCSNc1ccc(Oc2ccc(F)cc2F)c(Br)c1. The molecule has 0 bridgehead atoms. The van der Waals surface area contributed by atoms with E-state index in [1.54, 1.807) is 18.0 Å². The zero-order valence-electron chi connectivity index (χ0n) is 10.6. The zero-order valence-corrected chi connectivity index (χ0v) is 13.0. The van der Waals surface area contributed by atoms with Gasteiger partial charge in [-0.1, -0.05) is 18.9 Å². The molecule has 0 unspecified atom stereocenters. The number of nitrogens with one attached hydrogen (secondary N) is 1. The first-order chi connectivity index (χ1) is 9.60. The van der Waals surface area contributed by atoms with E-state index in [1.807, 2.05) is 19.1 Å². The van der Waals surface area contributed by atoms with E-state index < -0.39 is 11.6 Å². The molecule has 2 aromatic carbocycles. The van der Waals surface area contributed by atoms with E-state index in [1.165, 1.54) is 6.07 Å². The highest BCUT2D eigenvalue weighted by molar-refractivity contribution is 9.10. The number of halogens is 3. The molecule has 0 saturated carbocycles. The molecule has 1 N–H and O–H groups in total. The third-order valence-electron chi connectivity index (χ3n) is 2.38. The quantitative estimate of drug-likeness (QED) is 0.702. The summed E-state index contributed by atoms with van der Waals surface area (Å²) in [6, 6.07) is 8.57. The van der Waals surface area contributed by atoms with Gasteiger partial charge in [-0.15, -0.1) is 0 Å². The number of ether oxygens (including phenoxy) is 1. The van der Waals surface area contributed by atoms with Crippen LogP contribution in [-0.4, -0.2) is 5.75 Å². The molecule has 0 aromatic heterocycles. The third-order valence-corrected chi connectivity index (χ3v) is 3.67. The van der Waals surface area contributed by atoms with Crippen molar-refractivity contribution in [2.75, 3.05) is 10.5 Å². The predicted molar refractivity (Wildman–Crippen MR) is 82.3 cm³/mol. The Morgan fingerprint density at radius 3 is 2.55 bits per heavy atom. The monoisotopic (exact) mass is 359 g/mol. The Labute approximate surface area is 128 Å². The third kappa shape index (κ3) is 3.86. The van der Waals surface area contributed by atoms with Crippen molar-refractivity contribution < 1.29 is 13.5 Å². The van der Waals surface area contributed by atoms with Gasteiger partial charge >= 0.3 is 0 Å². The van der Waals surface area contributed by atoms with Gasteiger partial charge < -0.3 is 9.46 Å². The summed E-state index contributed by atoms with van der Waals surface area (Å²) in [7, 11) is 0. The van der Waals surface area contributed by atoms with Crippen LogP contribution in [0.25, 0.3) is 0 Å². The summed E-state index contributed by atoms with van der Waals surface area (Å²) >= 11 is 4.94. The molecule has 0 saturated heterocycles. The second kappa shape index (κ2) is 6.95. The van der Waals surface area contributed by atoms with Gasteiger partial charge in [-0.25, -0.2) is 8.78 Å². The second-order valence-electron chi connectivity index (χ2n) is 3.86. The summed E-state index contributed by atoms with van der Waals surface area (Å²) < 4.78 is 35.6. The van der Waals surface area contributed by atoms with Gasteiger partial charge in [-0.2, -0.15) is 0 Å². The number of hydrogen-bond acceptors (Lipinski definition) is 3. The van der Waals surface area contributed by atoms with Crippen LogP contribution in [0.3, 0.4) is 0 Å². The fourth-order valence-electron chi connectivity index (χ4n) is 1.48. The van der Waals surface area contributed by atoms with Crippen molar-refractivity contribution >= 4 is 33.6 Å². The summed E-state index contributed by atoms with van der Waals surface area (Å²) in [5.74, 6) is 0.0143. The number of benzene rings is 2. The highest BCUT2D eigenvalue weighted by atomic mass is 79.9. The van der Waals surface area contributed by atoms with Crippen LogP contribution < -0.4 is 9.46 Å². The summed E-state index contributed by atoms with van der Waals surface area (Å²) in [4.78, 5) is 0. The molecule has 2 rings (SSSR count). The lowest BCUT2D eigenvalue weighted by atomic mass is 10.3. The molecule has 0 aliphatic heterocycles. The fourth-order valence-corrected chi connectivity index (χ4v) is 2.38. The van der Waals surface area contributed by atoms with Gasteiger partial charge in [-0.3, -0.25) is 0 Å². The molecule has 20 heavy (non-hydrogen) atoms. The largest absolute Gasteiger partial charge is 0.453 e. The van der Waals surface area contributed by atoms with Gasteiger partial charge in [-0.05, 0) is 46.3 Å². The van der Waals surface area contributed by atoms with Gasteiger partial charge in [0.05, 0.1) is 4.47 Å². The Bertz CT molecular complexity index is 610. The van der Waals surface area contributed by atoms with Crippen LogP contribution >= 0.6 is 27.9 Å². The van der Waals surface area contributed by atoms with Crippen LogP contribution in [0.2, 0.25) is 0 Å². The van der Waals surface area contributed by atoms with Crippen LogP contribution in [0, 0.1) is 11.6 Å². The lowest BCUT2D eigenvalue weighted by molar-refractivity contribution is 0.435. The molecule has 0 radical (unpaired) electrons. The molecule has 2 nitrogen and oxygen atoms in total. The highest BCUT2D eigenvalue weighted by Gasteiger charge is 2.09. The molecular formula is C14H12BrF2NOS. The van der Waals surface area contributed by atoms with Crippen molar-refractivity contribution in [3.05, 3.63) is 52.5 Å². The van der Waals surface area contributed by atoms with Crippen LogP contribution in [-0.2, 0) is 0 Å². The van der Waals surface area contributed by atoms with Gasteiger partial charge in [0.25, 0.3) is 0 Å². The molecule has 106 valence electrons. The van der Waals surface area contributed by atoms with Crippen molar-refractivity contribution in [1.82, 2.24) is 0 Å². The minimum atomic E-state index is -0.736. The molecule has 0 amide bonds. The van der Waals surface area contributed by atoms with E-state index in [4.69, 9.17) is 4.74 Å². The van der Waals surface area contributed by atoms with Gasteiger partial charge in [0.15, 0.2) is 11.6 Å². The topological polar surface area (TPSA) is 21.3 Å². The molecule has 2 aromatic rings. The average Bonchev–Trinajstić information content (AvgIpc) is 2.42. The van der Waals surface area contributed by atoms with E-state index in [2.05, 4.69) is 20.7 Å². The molecule has 0 aliphatic rings. The molecule has 0 spiro atoms. The van der Waals surface area contributed by atoms with Crippen LogP contribution in [0.15, 0.2) is 40.9 Å². The Kier molecular flexibility index (Phi) is 5.25. The maximum absolute atomic E-state index is 13.5. The summed E-state index contributed by atoms with van der Waals surface area (Å²) in [5, 5.41) is 0. The summed E-state index contributed by atoms with van der Waals surface area (Å²) in [5.41, 5.74) is 0.913. The van der Waals surface area contributed by atoms with Crippen LogP contribution in [0.5, 0.6) is 11.5 Å². The molecule has 0 atom stereocenters. The lowest BCUT2D eigenvalue weighted by Gasteiger charge is -2.10. The first-order valence-electron chi connectivity index (χ1n) is 5.90. The minimum absolute atomic E-state index is 0.0178. The first kappa shape index (κ1) is 15.1. The molecule has 0 heterocycles. The fraction of sp³-hybridized carbons (Fsp3) is 0.143. The van der Waals surface area contributed by atoms with Gasteiger partial charge in [0.1, 0.15) is 11.6 Å². The number of rotatable bonds is 5. The first-order valence-corrected chi connectivity index (χ1v) is 7.68. The van der Waals surface area contributed by atoms with Crippen molar-refractivity contribution in [3.8, 4) is 11.5 Å². The van der Waals surface area contributed by atoms with E-state index in [0.717, 1.165) is 23.6 Å². The Morgan fingerprint density at radius 1 is 1.15 bits per heavy atom. The average molecular weight is 360 g/mol. The van der Waals surface area contributed by atoms with E-state index in [0.29, 0.717) is 10.2 Å². The summed E-state index contributed by atoms with van der Waals surface area (Å²) in [6.07, 6.45) is 0. The summed E-state index contributed by atoms with van der Waals surface area (Å²) in [6.45, 7) is 2.04. The van der Waals surface area contributed by atoms with Gasteiger partial charge in [0, 0.05) is 17.5 Å². The molecule has 0 aliphatic carbocycles. The Hall–Kier alpha value is -1.27. The molecular weight excluding hydrogens is 348 g/mol. The van der Waals surface area contributed by atoms with Crippen molar-refractivity contribution in [1.29, 1.82) is 0 Å². The molecule has 0 fully saturated rings. The van der Waals surface area contributed by atoms with E-state index >= 15 is 0 Å². The van der Waals surface area contributed by atoms with E-state index in [-0.39, 0.29) is 5.75 Å². The standard InChI is InChI=1S/C14H12BrF2NOS/c1-2-20-18-10-4-6-13(11(15)8-10)19-14-5-3-9(16)7-12(14)17/h3-8,18H,2H2,1H3. The second-order valence-corrected chi connectivity index (χ2v) is 5.78. The molecule has 6 heteroatoms. The number of anilines is 1. The Morgan fingerprint density at radius 2 is 1.90 bits per heavy atom. The van der Waals surface area contributed by atoms with Crippen LogP contribution in [0.1, 0.15) is 6.92 Å². The normalized spacial score (nSPS) is 10.4. The van der Waals surface area contributed by atoms with Gasteiger partial charge in [0.2, 0.25) is 0 Å². The maximum atomic E-state index is 13.5. The van der Waals surface area contributed by atoms with Crippen molar-refractivity contribution in [3.63, 3.8) is 0 Å². The van der Waals surface area contributed by atoms with Crippen LogP contribution in [0.4, 0.5) is 14.5 Å². The van der Waals surface area contributed by atoms with Crippen molar-refractivity contribution in [2.24, 2.45) is 0 Å². The highest BCUT2D eigenvalue weighted by Crippen LogP contribution is 2.33. The van der Waals surface area contributed by atoms with Crippen molar-refractivity contribution in [2.45, 2.75) is 6.92 Å². The van der Waals surface area contributed by atoms with E-state index in [9.17, 15) is 8.78 Å². The Balaban J connectivity index is 2.17. The smallest absolute Gasteiger partial charge is 0.168 e. The minimum Gasteiger partial charge on any atom is -0.453 e. The zero-order chi connectivity index (χ0) is 14.5.